The van der Waals surface area contributed by atoms with E-state index < -0.39 is 0 Å². The number of nitrogens with two attached hydrogens (primary N) is 1. The van der Waals surface area contributed by atoms with Crippen LogP contribution in [0.25, 0.3) is 0 Å². The van der Waals surface area contributed by atoms with Crippen LogP contribution in [-0.4, -0.2) is 30.6 Å². The molecule has 1 aromatic carbocycles. The van der Waals surface area contributed by atoms with Crippen molar-refractivity contribution in [2.45, 2.75) is 32.7 Å². The molecule has 96 valence electrons. The molecule has 0 bridgehead atoms. The largest absolute Gasteiger partial charge is 0.324 e. The zero-order chi connectivity index (χ0) is 13.1. The molecule has 0 aliphatic heterocycles. The molecular weight excluding hydrogens is 276 g/mol. The topological polar surface area (TPSA) is 29.3 Å². The van der Waals surface area contributed by atoms with Gasteiger partial charge in [0.2, 0.25) is 0 Å². The number of rotatable bonds is 5. The Labute approximate surface area is 113 Å². The van der Waals surface area contributed by atoms with E-state index in [1.165, 1.54) is 11.1 Å². The predicted octanol–water partition coefficient (Wildman–Crippen LogP) is 2.97. The van der Waals surface area contributed by atoms with Gasteiger partial charge in [-0.1, -0.05) is 22.0 Å². The van der Waals surface area contributed by atoms with E-state index in [4.69, 9.17) is 5.73 Å². The summed E-state index contributed by atoms with van der Waals surface area (Å²) >= 11 is 3.52. The van der Waals surface area contributed by atoms with Gasteiger partial charge in [-0.25, -0.2) is 0 Å². The van der Waals surface area contributed by atoms with Crippen molar-refractivity contribution >= 4 is 15.9 Å². The maximum absolute atomic E-state index is 6.01. The summed E-state index contributed by atoms with van der Waals surface area (Å²) in [4.78, 5) is 2.29. The molecular formula is C14H23BrN2. The lowest BCUT2D eigenvalue weighted by Gasteiger charge is -2.26. The zero-order valence-electron chi connectivity index (χ0n) is 11.3. The van der Waals surface area contributed by atoms with Crippen LogP contribution in [0.3, 0.4) is 0 Å². The summed E-state index contributed by atoms with van der Waals surface area (Å²) in [5.41, 5.74) is 8.65. The van der Waals surface area contributed by atoms with Crippen molar-refractivity contribution in [1.82, 2.24) is 4.90 Å². The summed E-state index contributed by atoms with van der Waals surface area (Å²) in [6.07, 6.45) is 1.07. The van der Waals surface area contributed by atoms with Gasteiger partial charge in [-0.15, -0.1) is 0 Å². The summed E-state index contributed by atoms with van der Waals surface area (Å²) in [6.45, 7) is 8.24. The highest BCUT2D eigenvalue weighted by atomic mass is 79.9. The van der Waals surface area contributed by atoms with Gasteiger partial charge < -0.3 is 10.6 Å². The van der Waals surface area contributed by atoms with Crippen LogP contribution in [0.1, 0.15) is 25.0 Å². The van der Waals surface area contributed by atoms with Crippen LogP contribution in [-0.2, 0) is 6.42 Å². The standard InChI is InChI=1S/C14H23BrN2/c1-11-5-6-13(15)9-12(11)7-8-17(4)10-14(2,3)16/h5-6,9H,7-8,10,16H2,1-4H3. The minimum Gasteiger partial charge on any atom is -0.324 e. The van der Waals surface area contributed by atoms with Crippen LogP contribution < -0.4 is 5.73 Å². The van der Waals surface area contributed by atoms with Crippen LogP contribution in [0.2, 0.25) is 0 Å². The van der Waals surface area contributed by atoms with Gasteiger partial charge in [0.25, 0.3) is 0 Å². The van der Waals surface area contributed by atoms with Gasteiger partial charge in [-0.05, 0) is 57.5 Å². The van der Waals surface area contributed by atoms with Crippen molar-refractivity contribution in [1.29, 1.82) is 0 Å². The Hall–Kier alpha value is -0.380. The van der Waals surface area contributed by atoms with Gasteiger partial charge in [-0.2, -0.15) is 0 Å². The molecule has 0 fully saturated rings. The number of benzene rings is 1. The highest BCUT2D eigenvalue weighted by molar-refractivity contribution is 9.10. The average molecular weight is 299 g/mol. The lowest BCUT2D eigenvalue weighted by atomic mass is 10.0. The molecule has 0 atom stereocenters. The fourth-order valence-electron chi connectivity index (χ4n) is 2.00. The van der Waals surface area contributed by atoms with Crippen LogP contribution in [0.5, 0.6) is 0 Å². The maximum Gasteiger partial charge on any atom is 0.0225 e. The Morgan fingerprint density at radius 1 is 1.35 bits per heavy atom. The van der Waals surface area contributed by atoms with E-state index in [1.54, 1.807) is 0 Å². The Morgan fingerprint density at radius 2 is 2.00 bits per heavy atom. The average Bonchev–Trinajstić information content (AvgIpc) is 2.17. The first-order valence-corrected chi connectivity index (χ1v) is 6.80. The fraction of sp³-hybridized carbons (Fsp3) is 0.571. The van der Waals surface area contributed by atoms with Crippen LogP contribution in [0.15, 0.2) is 22.7 Å². The minimum absolute atomic E-state index is 0.124. The van der Waals surface area contributed by atoms with Gasteiger partial charge in [-0.3, -0.25) is 0 Å². The molecule has 0 aliphatic carbocycles. The normalized spacial score (nSPS) is 12.2. The summed E-state index contributed by atoms with van der Waals surface area (Å²) in [5, 5.41) is 0. The third kappa shape index (κ3) is 5.66. The molecule has 3 heteroatoms. The molecule has 0 aromatic heterocycles. The second-order valence-electron chi connectivity index (χ2n) is 5.55. The number of halogens is 1. The molecule has 0 aliphatic rings. The molecule has 0 saturated heterocycles. The molecule has 0 spiro atoms. The molecule has 1 rings (SSSR count). The summed E-state index contributed by atoms with van der Waals surface area (Å²) < 4.78 is 1.15. The number of likely N-dealkylation sites (N-methyl/N-ethyl adjacent to an activating group) is 1. The highest BCUT2D eigenvalue weighted by Crippen LogP contribution is 2.16. The molecule has 17 heavy (non-hydrogen) atoms. The van der Waals surface area contributed by atoms with Crippen LogP contribution >= 0.6 is 15.9 Å². The van der Waals surface area contributed by atoms with Gasteiger partial charge in [0, 0.05) is 23.1 Å². The van der Waals surface area contributed by atoms with Crippen molar-refractivity contribution in [3.05, 3.63) is 33.8 Å². The van der Waals surface area contributed by atoms with E-state index in [1.807, 2.05) is 0 Å². The molecule has 0 saturated carbocycles. The molecule has 1 aromatic rings. The Morgan fingerprint density at radius 3 is 2.59 bits per heavy atom. The third-order valence-corrected chi connectivity index (χ3v) is 3.24. The van der Waals surface area contributed by atoms with Gasteiger partial charge in [0.15, 0.2) is 0 Å². The van der Waals surface area contributed by atoms with Gasteiger partial charge >= 0.3 is 0 Å². The zero-order valence-corrected chi connectivity index (χ0v) is 12.8. The van der Waals surface area contributed by atoms with Crippen LogP contribution in [0, 0.1) is 6.92 Å². The smallest absolute Gasteiger partial charge is 0.0225 e. The first-order valence-electron chi connectivity index (χ1n) is 6.00. The third-order valence-electron chi connectivity index (χ3n) is 2.75. The van der Waals surface area contributed by atoms with E-state index >= 15 is 0 Å². The maximum atomic E-state index is 6.01. The van der Waals surface area contributed by atoms with E-state index in [0.717, 1.165) is 24.0 Å². The van der Waals surface area contributed by atoms with Gasteiger partial charge in [0.05, 0.1) is 0 Å². The summed E-state index contributed by atoms with van der Waals surface area (Å²) in [5.74, 6) is 0. The minimum atomic E-state index is -0.124. The molecule has 0 radical (unpaired) electrons. The fourth-order valence-corrected chi connectivity index (χ4v) is 2.40. The van der Waals surface area contributed by atoms with Crippen molar-refractivity contribution in [3.8, 4) is 0 Å². The Balaban J connectivity index is 2.53. The Bertz CT molecular complexity index is 369. The SMILES string of the molecule is Cc1ccc(Br)cc1CCN(C)CC(C)(C)N. The van der Waals surface area contributed by atoms with Crippen LogP contribution in [0.4, 0.5) is 0 Å². The monoisotopic (exact) mass is 298 g/mol. The Kier molecular flexibility index (Phi) is 5.17. The molecule has 0 amide bonds. The number of hydrogen-bond acceptors (Lipinski definition) is 2. The second kappa shape index (κ2) is 5.98. The predicted molar refractivity (Wildman–Crippen MR) is 78.3 cm³/mol. The molecule has 2 N–H and O–H groups in total. The first kappa shape index (κ1) is 14.7. The quantitative estimate of drug-likeness (QED) is 0.905. The van der Waals surface area contributed by atoms with Crippen molar-refractivity contribution in [2.75, 3.05) is 20.1 Å². The molecule has 0 heterocycles. The van der Waals surface area contributed by atoms with Crippen molar-refractivity contribution < 1.29 is 0 Å². The van der Waals surface area contributed by atoms with E-state index in [9.17, 15) is 0 Å². The molecule has 2 nitrogen and oxygen atoms in total. The lowest BCUT2D eigenvalue weighted by Crippen LogP contribution is -2.44. The van der Waals surface area contributed by atoms with Crippen molar-refractivity contribution in [3.63, 3.8) is 0 Å². The van der Waals surface area contributed by atoms with E-state index in [0.29, 0.717) is 0 Å². The second-order valence-corrected chi connectivity index (χ2v) is 6.46. The highest BCUT2D eigenvalue weighted by Gasteiger charge is 2.13. The number of aryl methyl sites for hydroxylation is 1. The molecule has 0 unspecified atom stereocenters. The summed E-state index contributed by atoms with van der Waals surface area (Å²) in [6, 6.07) is 6.45. The van der Waals surface area contributed by atoms with E-state index in [2.05, 4.69) is 66.8 Å². The lowest BCUT2D eigenvalue weighted by molar-refractivity contribution is 0.273. The van der Waals surface area contributed by atoms with E-state index in [-0.39, 0.29) is 5.54 Å². The first-order chi connectivity index (χ1) is 7.78. The van der Waals surface area contributed by atoms with Gasteiger partial charge in [0.1, 0.15) is 0 Å². The summed E-state index contributed by atoms with van der Waals surface area (Å²) in [7, 11) is 2.13. The van der Waals surface area contributed by atoms with Crippen molar-refractivity contribution in [2.24, 2.45) is 5.73 Å². The number of nitrogens with zero attached hydrogens (tertiary/aromatic N) is 1. The number of hydrogen-bond donors (Lipinski definition) is 1.